The molecule has 0 aromatic heterocycles. The van der Waals surface area contributed by atoms with Crippen LogP contribution >= 0.6 is 0 Å². The fourth-order valence-electron chi connectivity index (χ4n) is 1.14. The van der Waals surface area contributed by atoms with E-state index in [0.29, 0.717) is 0 Å². The van der Waals surface area contributed by atoms with Crippen molar-refractivity contribution in [2.24, 2.45) is 5.73 Å². The first-order valence-corrected chi connectivity index (χ1v) is 6.29. The summed E-state index contributed by atoms with van der Waals surface area (Å²) in [5.74, 6) is -0.854. The molecular weight excluding hydrogens is 226 g/mol. The number of amides is 1. The fourth-order valence-corrected chi connectivity index (χ4v) is 2.49. The Morgan fingerprint density at radius 2 is 1.62 bits per heavy atom. The Morgan fingerprint density at radius 3 is 2.00 bits per heavy atom. The number of hydrogen-bond acceptors (Lipinski definition) is 3. The van der Waals surface area contributed by atoms with E-state index in [4.69, 9.17) is 5.73 Å². The molecule has 16 heavy (non-hydrogen) atoms. The van der Waals surface area contributed by atoms with Gasteiger partial charge in [0, 0.05) is 0 Å². The van der Waals surface area contributed by atoms with Crippen molar-refractivity contribution in [3.8, 4) is 0 Å². The lowest BCUT2D eigenvalue weighted by Crippen LogP contribution is -2.45. The Labute approximate surface area is 95.4 Å². The van der Waals surface area contributed by atoms with Gasteiger partial charge in [-0.2, -0.15) is 0 Å². The molecule has 0 aliphatic carbocycles. The van der Waals surface area contributed by atoms with Crippen molar-refractivity contribution in [3.05, 3.63) is 29.8 Å². The predicted octanol–water partition coefficient (Wildman–Crippen LogP) is 1.03. The van der Waals surface area contributed by atoms with Gasteiger partial charge in [-0.25, -0.2) is 8.42 Å². The predicted molar refractivity (Wildman–Crippen MR) is 61.6 cm³/mol. The molecule has 1 aromatic carbocycles. The highest BCUT2D eigenvalue weighted by Gasteiger charge is 2.41. The number of hydrogen-bond donors (Lipinski definition) is 1. The van der Waals surface area contributed by atoms with Crippen molar-refractivity contribution in [2.75, 3.05) is 0 Å². The molecule has 0 aliphatic heterocycles. The van der Waals surface area contributed by atoms with Gasteiger partial charge in [-0.05, 0) is 32.9 Å². The minimum absolute atomic E-state index is 0.113. The molecule has 1 amide bonds. The molecule has 1 aromatic rings. The van der Waals surface area contributed by atoms with Crippen LogP contribution in [0.3, 0.4) is 0 Å². The summed E-state index contributed by atoms with van der Waals surface area (Å²) < 4.78 is 22.6. The molecule has 88 valence electrons. The van der Waals surface area contributed by atoms with Gasteiger partial charge in [0.25, 0.3) is 0 Å². The molecular formula is C11H15NO3S. The number of nitrogens with two attached hydrogens (primary N) is 1. The molecule has 0 saturated heterocycles. The lowest BCUT2D eigenvalue weighted by Gasteiger charge is -2.20. The third kappa shape index (κ3) is 1.95. The minimum atomic E-state index is -3.73. The smallest absolute Gasteiger partial charge is 0.238 e. The fraction of sp³-hybridized carbons (Fsp3) is 0.364. The van der Waals surface area contributed by atoms with E-state index >= 15 is 0 Å². The lowest BCUT2D eigenvalue weighted by atomic mass is 10.2. The summed E-state index contributed by atoms with van der Waals surface area (Å²) in [5.41, 5.74) is 6.06. The maximum Gasteiger partial charge on any atom is 0.238 e. The number of carbonyl (C=O) groups is 1. The zero-order valence-electron chi connectivity index (χ0n) is 9.52. The topological polar surface area (TPSA) is 77.2 Å². The van der Waals surface area contributed by atoms with Crippen LogP contribution in [0.4, 0.5) is 0 Å². The van der Waals surface area contributed by atoms with Gasteiger partial charge in [-0.1, -0.05) is 17.7 Å². The van der Waals surface area contributed by atoms with Crippen molar-refractivity contribution >= 4 is 15.7 Å². The minimum Gasteiger partial charge on any atom is -0.368 e. The number of aryl methyl sites for hydroxylation is 1. The van der Waals surface area contributed by atoms with Gasteiger partial charge in [0.15, 0.2) is 9.84 Å². The third-order valence-corrected chi connectivity index (χ3v) is 5.03. The SMILES string of the molecule is Cc1ccc(S(=O)(=O)C(C)(C)C(N)=O)cc1. The van der Waals surface area contributed by atoms with E-state index in [9.17, 15) is 13.2 Å². The van der Waals surface area contributed by atoms with Gasteiger partial charge in [-0.3, -0.25) is 4.79 Å². The van der Waals surface area contributed by atoms with Crippen LogP contribution in [0.1, 0.15) is 19.4 Å². The van der Waals surface area contributed by atoms with Gasteiger partial charge in [0.2, 0.25) is 5.91 Å². The Morgan fingerprint density at radius 1 is 1.19 bits per heavy atom. The molecule has 0 bridgehead atoms. The van der Waals surface area contributed by atoms with E-state index < -0.39 is 20.5 Å². The largest absolute Gasteiger partial charge is 0.368 e. The summed E-state index contributed by atoms with van der Waals surface area (Å²) in [7, 11) is -3.73. The zero-order valence-corrected chi connectivity index (χ0v) is 10.3. The van der Waals surface area contributed by atoms with Crippen LogP contribution in [0.15, 0.2) is 29.2 Å². The van der Waals surface area contributed by atoms with Crippen molar-refractivity contribution < 1.29 is 13.2 Å². The van der Waals surface area contributed by atoms with Crippen LogP contribution in [0.2, 0.25) is 0 Å². The Hall–Kier alpha value is -1.36. The highest BCUT2D eigenvalue weighted by molar-refractivity contribution is 7.93. The summed E-state index contributed by atoms with van der Waals surface area (Å²) in [5, 5.41) is 0. The molecule has 0 fully saturated rings. The molecule has 0 heterocycles. The van der Waals surface area contributed by atoms with Gasteiger partial charge in [0.05, 0.1) is 4.90 Å². The molecule has 0 spiro atoms. The normalized spacial score (nSPS) is 12.4. The van der Waals surface area contributed by atoms with Crippen LogP contribution in [-0.4, -0.2) is 19.1 Å². The maximum absolute atomic E-state index is 12.1. The average molecular weight is 241 g/mol. The molecule has 0 unspecified atom stereocenters. The van der Waals surface area contributed by atoms with E-state index in [-0.39, 0.29) is 4.90 Å². The monoisotopic (exact) mass is 241 g/mol. The molecule has 2 N–H and O–H groups in total. The highest BCUT2D eigenvalue weighted by Crippen LogP contribution is 2.25. The molecule has 1 rings (SSSR count). The quantitative estimate of drug-likeness (QED) is 0.858. The number of carbonyl (C=O) groups excluding carboxylic acids is 1. The Bertz CT molecular complexity index is 501. The highest BCUT2D eigenvalue weighted by atomic mass is 32.2. The first-order valence-electron chi connectivity index (χ1n) is 4.81. The number of rotatable bonds is 3. The third-order valence-electron chi connectivity index (χ3n) is 2.60. The maximum atomic E-state index is 12.1. The Balaban J connectivity index is 3.33. The van der Waals surface area contributed by atoms with E-state index in [1.807, 2.05) is 6.92 Å². The molecule has 5 heteroatoms. The molecule has 0 atom stereocenters. The summed E-state index contributed by atoms with van der Waals surface area (Å²) in [4.78, 5) is 11.3. The summed E-state index contributed by atoms with van der Waals surface area (Å²) in [6.07, 6.45) is 0. The van der Waals surface area contributed by atoms with Crippen molar-refractivity contribution in [1.82, 2.24) is 0 Å². The molecule has 0 aliphatic rings. The van der Waals surface area contributed by atoms with Crippen LogP contribution in [0.25, 0.3) is 0 Å². The van der Waals surface area contributed by atoms with Gasteiger partial charge < -0.3 is 5.73 Å². The number of benzene rings is 1. The average Bonchev–Trinajstić information content (AvgIpc) is 2.17. The van der Waals surface area contributed by atoms with Gasteiger partial charge >= 0.3 is 0 Å². The van der Waals surface area contributed by atoms with E-state index in [1.165, 1.54) is 26.0 Å². The number of sulfone groups is 1. The summed E-state index contributed by atoms with van der Waals surface area (Å²) >= 11 is 0. The van der Waals surface area contributed by atoms with E-state index in [1.54, 1.807) is 12.1 Å². The first kappa shape index (κ1) is 12.7. The van der Waals surface area contributed by atoms with E-state index in [0.717, 1.165) is 5.56 Å². The van der Waals surface area contributed by atoms with Crippen LogP contribution in [0, 0.1) is 6.92 Å². The van der Waals surface area contributed by atoms with Crippen LogP contribution < -0.4 is 5.73 Å². The van der Waals surface area contributed by atoms with Crippen molar-refractivity contribution in [3.63, 3.8) is 0 Å². The molecule has 0 radical (unpaired) electrons. The summed E-state index contributed by atoms with van der Waals surface area (Å²) in [6.45, 7) is 4.48. The summed E-state index contributed by atoms with van der Waals surface area (Å²) in [6, 6.07) is 6.33. The molecule has 0 saturated carbocycles. The lowest BCUT2D eigenvalue weighted by molar-refractivity contribution is -0.119. The second kappa shape index (κ2) is 3.90. The van der Waals surface area contributed by atoms with Crippen molar-refractivity contribution in [2.45, 2.75) is 30.4 Å². The van der Waals surface area contributed by atoms with Gasteiger partial charge in [0.1, 0.15) is 4.75 Å². The second-order valence-electron chi connectivity index (χ2n) is 4.19. The zero-order chi connectivity index (χ0) is 12.6. The number of primary amides is 1. The van der Waals surface area contributed by atoms with Crippen molar-refractivity contribution in [1.29, 1.82) is 0 Å². The van der Waals surface area contributed by atoms with E-state index in [2.05, 4.69) is 0 Å². The first-order chi connectivity index (χ1) is 7.19. The Kier molecular flexibility index (Phi) is 3.10. The van der Waals surface area contributed by atoms with Crippen LogP contribution in [-0.2, 0) is 14.6 Å². The standard InChI is InChI=1S/C11H15NO3S/c1-8-4-6-9(7-5-8)16(14,15)11(2,3)10(12)13/h4-7H,1-3H3,(H2,12,13). The second-order valence-corrected chi connectivity index (χ2v) is 6.69. The van der Waals surface area contributed by atoms with Crippen LogP contribution in [0.5, 0.6) is 0 Å². The molecule has 4 nitrogen and oxygen atoms in total. The van der Waals surface area contributed by atoms with Gasteiger partial charge in [-0.15, -0.1) is 0 Å².